The van der Waals surface area contributed by atoms with Crippen molar-refractivity contribution in [2.45, 2.75) is 31.8 Å². The third-order valence-corrected chi connectivity index (χ3v) is 4.28. The molecule has 1 fully saturated rings. The fraction of sp³-hybridized carbons (Fsp3) is 0.421. The zero-order valence-electron chi connectivity index (χ0n) is 14.9. The summed E-state index contributed by atoms with van der Waals surface area (Å²) in [7, 11) is 1.59. The molecule has 0 spiro atoms. The van der Waals surface area contributed by atoms with Gasteiger partial charge in [-0.1, -0.05) is 0 Å². The smallest absolute Gasteiger partial charge is 0.251 e. The van der Waals surface area contributed by atoms with Crippen LogP contribution in [0.15, 0.2) is 36.7 Å². The van der Waals surface area contributed by atoms with E-state index in [0.29, 0.717) is 36.1 Å². The largest absolute Gasteiger partial charge is 0.493 e. The second-order valence-corrected chi connectivity index (χ2v) is 6.15. The first-order valence-electron chi connectivity index (χ1n) is 8.90. The molecule has 0 radical (unpaired) electrons. The maximum Gasteiger partial charge on any atom is 0.251 e. The Hall–Kier alpha value is -2.83. The molecule has 7 nitrogen and oxygen atoms in total. The van der Waals surface area contributed by atoms with Gasteiger partial charge in [0.15, 0.2) is 11.5 Å². The molecule has 1 aliphatic rings. The number of benzene rings is 1. The van der Waals surface area contributed by atoms with E-state index in [2.05, 4.69) is 20.6 Å². The molecule has 0 unspecified atom stereocenters. The van der Waals surface area contributed by atoms with Gasteiger partial charge in [-0.25, -0.2) is 9.97 Å². The molecule has 1 heterocycles. The number of anilines is 1. The SMILES string of the molecule is COc1cc(C(=O)NCCNc2ncccn2)ccc1OC1CCCC1. The Morgan fingerprint density at radius 1 is 1.15 bits per heavy atom. The van der Waals surface area contributed by atoms with E-state index in [1.165, 1.54) is 12.8 Å². The normalized spacial score (nSPS) is 14.0. The molecule has 1 amide bonds. The predicted molar refractivity (Wildman–Crippen MR) is 98.7 cm³/mol. The summed E-state index contributed by atoms with van der Waals surface area (Å²) in [6.07, 6.45) is 8.12. The van der Waals surface area contributed by atoms with Gasteiger partial charge in [0.2, 0.25) is 5.95 Å². The number of hydrogen-bond donors (Lipinski definition) is 2. The number of amides is 1. The van der Waals surface area contributed by atoms with Crippen LogP contribution in [0.3, 0.4) is 0 Å². The minimum Gasteiger partial charge on any atom is -0.493 e. The lowest BCUT2D eigenvalue weighted by Crippen LogP contribution is -2.29. The van der Waals surface area contributed by atoms with Crippen LogP contribution < -0.4 is 20.1 Å². The minimum atomic E-state index is -0.161. The molecule has 2 N–H and O–H groups in total. The number of nitrogens with one attached hydrogen (secondary N) is 2. The molecule has 0 saturated heterocycles. The standard InChI is InChI=1S/C19H24N4O3/c1-25-17-13-14(7-8-16(17)26-15-5-2-3-6-15)18(24)20-11-12-23-19-21-9-4-10-22-19/h4,7-10,13,15H,2-3,5-6,11-12H2,1H3,(H,20,24)(H,21,22,23). The quantitative estimate of drug-likeness (QED) is 0.707. The van der Waals surface area contributed by atoms with E-state index in [9.17, 15) is 4.79 Å². The van der Waals surface area contributed by atoms with Crippen LogP contribution >= 0.6 is 0 Å². The van der Waals surface area contributed by atoms with Crippen molar-refractivity contribution >= 4 is 11.9 Å². The summed E-state index contributed by atoms with van der Waals surface area (Å²) in [6.45, 7) is 0.996. The highest BCUT2D eigenvalue weighted by atomic mass is 16.5. The number of carbonyl (C=O) groups excluding carboxylic acids is 1. The number of carbonyl (C=O) groups is 1. The second kappa shape index (κ2) is 9.03. The first kappa shape index (κ1) is 18.0. The summed E-state index contributed by atoms with van der Waals surface area (Å²) in [4.78, 5) is 20.4. The zero-order chi connectivity index (χ0) is 18.2. The molecule has 1 aliphatic carbocycles. The Morgan fingerprint density at radius 3 is 2.65 bits per heavy atom. The molecular formula is C19H24N4O3. The molecule has 26 heavy (non-hydrogen) atoms. The van der Waals surface area contributed by atoms with Crippen LogP contribution in [0, 0.1) is 0 Å². The summed E-state index contributed by atoms with van der Waals surface area (Å²) in [5, 5.41) is 5.90. The van der Waals surface area contributed by atoms with E-state index >= 15 is 0 Å². The summed E-state index contributed by atoms with van der Waals surface area (Å²) >= 11 is 0. The van der Waals surface area contributed by atoms with E-state index in [1.54, 1.807) is 37.7 Å². The van der Waals surface area contributed by atoms with Crippen LogP contribution in [0.1, 0.15) is 36.0 Å². The molecule has 3 rings (SSSR count). The molecule has 1 saturated carbocycles. The van der Waals surface area contributed by atoms with Crippen molar-refractivity contribution in [1.29, 1.82) is 0 Å². The van der Waals surface area contributed by atoms with E-state index in [1.807, 2.05) is 6.07 Å². The van der Waals surface area contributed by atoms with Gasteiger partial charge in [-0.3, -0.25) is 4.79 Å². The lowest BCUT2D eigenvalue weighted by Gasteiger charge is -2.16. The fourth-order valence-corrected chi connectivity index (χ4v) is 2.93. The maximum absolute atomic E-state index is 12.3. The van der Waals surface area contributed by atoms with Gasteiger partial charge in [-0.15, -0.1) is 0 Å². The molecule has 138 valence electrons. The van der Waals surface area contributed by atoms with E-state index in [0.717, 1.165) is 12.8 Å². The number of ether oxygens (including phenoxy) is 2. The molecule has 0 aliphatic heterocycles. The molecule has 0 bridgehead atoms. The van der Waals surface area contributed by atoms with Gasteiger partial charge in [-0.2, -0.15) is 0 Å². The summed E-state index contributed by atoms with van der Waals surface area (Å²) in [6, 6.07) is 7.03. The first-order chi connectivity index (χ1) is 12.8. The monoisotopic (exact) mass is 356 g/mol. The van der Waals surface area contributed by atoms with E-state index < -0.39 is 0 Å². The number of hydrogen-bond acceptors (Lipinski definition) is 6. The highest BCUT2D eigenvalue weighted by molar-refractivity contribution is 5.94. The van der Waals surface area contributed by atoms with Crippen molar-refractivity contribution in [3.8, 4) is 11.5 Å². The molecule has 0 atom stereocenters. The van der Waals surface area contributed by atoms with Crippen molar-refractivity contribution in [2.75, 3.05) is 25.5 Å². The number of methoxy groups -OCH3 is 1. The summed E-state index contributed by atoms with van der Waals surface area (Å²) in [5.41, 5.74) is 0.539. The van der Waals surface area contributed by atoms with Crippen LogP contribution in [0.25, 0.3) is 0 Å². The van der Waals surface area contributed by atoms with Gasteiger partial charge >= 0.3 is 0 Å². The van der Waals surface area contributed by atoms with Crippen LogP contribution in [-0.4, -0.2) is 42.2 Å². The minimum absolute atomic E-state index is 0.161. The van der Waals surface area contributed by atoms with Crippen molar-refractivity contribution in [3.63, 3.8) is 0 Å². The zero-order valence-corrected chi connectivity index (χ0v) is 14.9. The van der Waals surface area contributed by atoms with Crippen LogP contribution in [0.2, 0.25) is 0 Å². The van der Waals surface area contributed by atoms with Gasteiger partial charge in [-0.05, 0) is 49.9 Å². The number of rotatable bonds is 8. The van der Waals surface area contributed by atoms with Crippen LogP contribution in [-0.2, 0) is 0 Å². The fourth-order valence-electron chi connectivity index (χ4n) is 2.93. The van der Waals surface area contributed by atoms with E-state index in [4.69, 9.17) is 9.47 Å². The van der Waals surface area contributed by atoms with Gasteiger partial charge in [0.05, 0.1) is 13.2 Å². The van der Waals surface area contributed by atoms with E-state index in [-0.39, 0.29) is 12.0 Å². The Kier molecular flexibility index (Phi) is 6.24. The second-order valence-electron chi connectivity index (χ2n) is 6.15. The highest BCUT2D eigenvalue weighted by Crippen LogP contribution is 2.32. The van der Waals surface area contributed by atoms with Crippen molar-refractivity contribution in [2.24, 2.45) is 0 Å². The number of nitrogens with zero attached hydrogens (tertiary/aromatic N) is 2. The van der Waals surface area contributed by atoms with Gasteiger partial charge < -0.3 is 20.1 Å². The molecule has 2 aromatic rings. The van der Waals surface area contributed by atoms with Crippen molar-refractivity contribution in [3.05, 3.63) is 42.2 Å². The third-order valence-electron chi connectivity index (χ3n) is 4.28. The predicted octanol–water partition coefficient (Wildman–Crippen LogP) is 2.65. The van der Waals surface area contributed by atoms with Crippen molar-refractivity contribution < 1.29 is 14.3 Å². The Labute approximate surface area is 153 Å². The Bertz CT molecular complexity index is 718. The van der Waals surface area contributed by atoms with Crippen LogP contribution in [0.4, 0.5) is 5.95 Å². The van der Waals surface area contributed by atoms with Gasteiger partial charge in [0.1, 0.15) is 0 Å². The average molecular weight is 356 g/mol. The summed E-state index contributed by atoms with van der Waals surface area (Å²) in [5.74, 6) is 1.66. The first-order valence-corrected chi connectivity index (χ1v) is 8.90. The third kappa shape index (κ3) is 4.84. The van der Waals surface area contributed by atoms with Gasteiger partial charge in [0, 0.05) is 31.0 Å². The highest BCUT2D eigenvalue weighted by Gasteiger charge is 2.19. The molecular weight excluding hydrogens is 332 g/mol. The Morgan fingerprint density at radius 2 is 1.92 bits per heavy atom. The molecule has 7 heteroatoms. The molecule has 1 aromatic carbocycles. The average Bonchev–Trinajstić information content (AvgIpc) is 3.19. The van der Waals surface area contributed by atoms with Crippen molar-refractivity contribution in [1.82, 2.24) is 15.3 Å². The Balaban J connectivity index is 1.51. The molecule has 1 aromatic heterocycles. The van der Waals surface area contributed by atoms with Gasteiger partial charge in [0.25, 0.3) is 5.91 Å². The summed E-state index contributed by atoms with van der Waals surface area (Å²) < 4.78 is 11.4. The lowest BCUT2D eigenvalue weighted by atomic mass is 10.2. The maximum atomic E-state index is 12.3. The lowest BCUT2D eigenvalue weighted by molar-refractivity contribution is 0.0954. The number of aromatic nitrogens is 2. The van der Waals surface area contributed by atoms with Crippen LogP contribution in [0.5, 0.6) is 11.5 Å². The topological polar surface area (TPSA) is 85.4 Å².